The van der Waals surface area contributed by atoms with E-state index in [1.165, 1.54) is 0 Å². The van der Waals surface area contributed by atoms with Gasteiger partial charge in [0.1, 0.15) is 6.04 Å². The smallest absolute Gasteiger partial charge is 0.251 e. The molecular formula is C22H26N2O2. The summed E-state index contributed by atoms with van der Waals surface area (Å²) in [5.41, 5.74) is 1.62. The fraction of sp³-hybridized carbons (Fsp3) is 0.364. The first kappa shape index (κ1) is 18.2. The molecule has 2 aromatic rings. The van der Waals surface area contributed by atoms with Gasteiger partial charge >= 0.3 is 0 Å². The maximum absolute atomic E-state index is 13.1. The van der Waals surface area contributed by atoms with Crippen molar-refractivity contribution in [3.8, 4) is 0 Å². The van der Waals surface area contributed by atoms with E-state index in [0.717, 1.165) is 31.5 Å². The van der Waals surface area contributed by atoms with Gasteiger partial charge in [-0.25, -0.2) is 0 Å². The van der Waals surface area contributed by atoms with Crippen LogP contribution < -0.4 is 5.32 Å². The van der Waals surface area contributed by atoms with E-state index in [0.29, 0.717) is 17.9 Å². The first-order chi connectivity index (χ1) is 12.6. The molecule has 4 heteroatoms. The third-order valence-corrected chi connectivity index (χ3v) is 4.89. The molecule has 0 aliphatic carbocycles. The number of rotatable bonds is 5. The monoisotopic (exact) mass is 350 g/mol. The van der Waals surface area contributed by atoms with E-state index in [4.69, 9.17) is 0 Å². The average Bonchev–Trinajstić information content (AvgIpc) is 2.68. The second-order valence-corrected chi connectivity index (χ2v) is 7.11. The molecular weight excluding hydrogens is 324 g/mol. The lowest BCUT2D eigenvalue weighted by molar-refractivity contribution is -0.134. The first-order valence-corrected chi connectivity index (χ1v) is 9.32. The molecule has 0 saturated carbocycles. The van der Waals surface area contributed by atoms with Crippen molar-refractivity contribution in [2.45, 2.75) is 32.2 Å². The molecule has 0 radical (unpaired) electrons. The summed E-state index contributed by atoms with van der Waals surface area (Å²) in [4.78, 5) is 27.7. The van der Waals surface area contributed by atoms with Crippen LogP contribution in [-0.2, 0) is 11.2 Å². The van der Waals surface area contributed by atoms with Gasteiger partial charge in [-0.3, -0.25) is 9.59 Å². The molecule has 0 spiro atoms. The number of nitrogens with zero attached hydrogens (tertiary/aromatic N) is 1. The summed E-state index contributed by atoms with van der Waals surface area (Å²) in [5.74, 6) is 0.324. The van der Waals surface area contributed by atoms with Gasteiger partial charge in [-0.2, -0.15) is 0 Å². The molecule has 26 heavy (non-hydrogen) atoms. The standard InChI is InChI=1S/C22H26N2O2/c1-17-9-8-14-24(16-17)22(26)20(15-18-10-4-2-5-11-18)23-21(25)19-12-6-3-7-13-19/h2-7,10-13,17,20H,8-9,14-16H2,1H3,(H,23,25)/t17-,20?/m0/s1. The zero-order valence-electron chi connectivity index (χ0n) is 15.2. The zero-order chi connectivity index (χ0) is 18.4. The molecule has 136 valence electrons. The minimum Gasteiger partial charge on any atom is -0.341 e. The van der Waals surface area contributed by atoms with Gasteiger partial charge in [0, 0.05) is 25.1 Å². The van der Waals surface area contributed by atoms with E-state index in [9.17, 15) is 9.59 Å². The Morgan fingerprint density at radius 2 is 1.73 bits per heavy atom. The largest absolute Gasteiger partial charge is 0.341 e. The highest BCUT2D eigenvalue weighted by Gasteiger charge is 2.29. The lowest BCUT2D eigenvalue weighted by Gasteiger charge is -2.34. The third kappa shape index (κ3) is 4.72. The molecule has 2 aromatic carbocycles. The summed E-state index contributed by atoms with van der Waals surface area (Å²) in [7, 11) is 0. The second kappa shape index (κ2) is 8.65. The summed E-state index contributed by atoms with van der Waals surface area (Å²) in [5, 5.41) is 2.96. The van der Waals surface area contributed by atoms with Crippen LogP contribution in [0.15, 0.2) is 60.7 Å². The van der Waals surface area contributed by atoms with Crippen molar-refractivity contribution >= 4 is 11.8 Å². The van der Waals surface area contributed by atoms with Gasteiger partial charge in [0.05, 0.1) is 0 Å². The third-order valence-electron chi connectivity index (χ3n) is 4.89. The number of hydrogen-bond acceptors (Lipinski definition) is 2. The van der Waals surface area contributed by atoms with Crippen LogP contribution >= 0.6 is 0 Å². The number of benzene rings is 2. The molecule has 1 N–H and O–H groups in total. The Morgan fingerprint density at radius 1 is 1.08 bits per heavy atom. The Labute approximate surface area is 155 Å². The molecule has 1 aliphatic heterocycles. The molecule has 2 amide bonds. The Balaban J connectivity index is 1.76. The summed E-state index contributed by atoms with van der Waals surface area (Å²) in [6, 6.07) is 18.4. The first-order valence-electron chi connectivity index (χ1n) is 9.32. The van der Waals surface area contributed by atoms with E-state index in [1.807, 2.05) is 53.4 Å². The normalized spacial score (nSPS) is 18.2. The molecule has 2 atom stereocenters. The van der Waals surface area contributed by atoms with Crippen LogP contribution in [0, 0.1) is 5.92 Å². The molecule has 1 aliphatic rings. The topological polar surface area (TPSA) is 49.4 Å². The summed E-state index contributed by atoms with van der Waals surface area (Å²) >= 11 is 0. The number of amides is 2. The lowest BCUT2D eigenvalue weighted by Crippen LogP contribution is -2.52. The van der Waals surface area contributed by atoms with Crippen molar-refractivity contribution < 1.29 is 9.59 Å². The van der Waals surface area contributed by atoms with Crippen LogP contribution in [0.5, 0.6) is 0 Å². The summed E-state index contributed by atoms with van der Waals surface area (Å²) in [6.07, 6.45) is 2.68. The van der Waals surface area contributed by atoms with Crippen LogP contribution in [0.25, 0.3) is 0 Å². The molecule has 1 fully saturated rings. The van der Waals surface area contributed by atoms with E-state index in [2.05, 4.69) is 12.2 Å². The molecule has 1 heterocycles. The van der Waals surface area contributed by atoms with Crippen molar-refractivity contribution in [3.05, 3.63) is 71.8 Å². The highest BCUT2D eigenvalue weighted by molar-refractivity contribution is 5.97. The Morgan fingerprint density at radius 3 is 2.38 bits per heavy atom. The predicted octanol–water partition coefficient (Wildman–Crippen LogP) is 3.29. The molecule has 4 nitrogen and oxygen atoms in total. The van der Waals surface area contributed by atoms with Crippen LogP contribution in [0.3, 0.4) is 0 Å². The average molecular weight is 350 g/mol. The maximum Gasteiger partial charge on any atom is 0.251 e. The quantitative estimate of drug-likeness (QED) is 0.900. The van der Waals surface area contributed by atoms with Crippen molar-refractivity contribution in [2.24, 2.45) is 5.92 Å². The number of likely N-dealkylation sites (tertiary alicyclic amines) is 1. The fourth-order valence-corrected chi connectivity index (χ4v) is 3.49. The van der Waals surface area contributed by atoms with Crippen molar-refractivity contribution in [3.63, 3.8) is 0 Å². The molecule has 0 bridgehead atoms. The number of carbonyl (C=O) groups is 2. The highest BCUT2D eigenvalue weighted by Crippen LogP contribution is 2.17. The van der Waals surface area contributed by atoms with Crippen LogP contribution in [-0.4, -0.2) is 35.8 Å². The Kier molecular flexibility index (Phi) is 6.05. The highest BCUT2D eigenvalue weighted by atomic mass is 16.2. The SMILES string of the molecule is C[C@H]1CCCN(C(=O)C(Cc2ccccc2)NC(=O)c2ccccc2)C1. The van der Waals surface area contributed by atoms with Crippen molar-refractivity contribution in [1.29, 1.82) is 0 Å². The van der Waals surface area contributed by atoms with E-state index < -0.39 is 6.04 Å². The predicted molar refractivity (Wildman–Crippen MR) is 103 cm³/mol. The van der Waals surface area contributed by atoms with Crippen LogP contribution in [0.1, 0.15) is 35.7 Å². The van der Waals surface area contributed by atoms with Gasteiger partial charge in [-0.15, -0.1) is 0 Å². The molecule has 1 saturated heterocycles. The molecule has 3 rings (SSSR count). The van der Waals surface area contributed by atoms with Gasteiger partial charge in [0.15, 0.2) is 0 Å². The van der Waals surface area contributed by atoms with Gasteiger partial charge in [-0.05, 0) is 36.5 Å². The van der Waals surface area contributed by atoms with Gasteiger partial charge in [-0.1, -0.05) is 55.5 Å². The fourth-order valence-electron chi connectivity index (χ4n) is 3.49. The van der Waals surface area contributed by atoms with E-state index in [-0.39, 0.29) is 11.8 Å². The number of carbonyl (C=O) groups excluding carboxylic acids is 2. The zero-order valence-corrected chi connectivity index (χ0v) is 15.2. The van der Waals surface area contributed by atoms with Crippen molar-refractivity contribution in [1.82, 2.24) is 10.2 Å². The number of hydrogen-bond donors (Lipinski definition) is 1. The molecule has 0 aromatic heterocycles. The van der Waals surface area contributed by atoms with Gasteiger partial charge in [0.2, 0.25) is 5.91 Å². The Bertz CT molecular complexity index is 730. The minimum atomic E-state index is -0.546. The summed E-state index contributed by atoms with van der Waals surface area (Å²) < 4.78 is 0. The van der Waals surface area contributed by atoms with Crippen LogP contribution in [0.4, 0.5) is 0 Å². The van der Waals surface area contributed by atoms with Crippen molar-refractivity contribution in [2.75, 3.05) is 13.1 Å². The lowest BCUT2D eigenvalue weighted by atomic mass is 9.98. The number of piperidine rings is 1. The van der Waals surface area contributed by atoms with Gasteiger partial charge in [0.25, 0.3) is 5.91 Å². The van der Waals surface area contributed by atoms with E-state index >= 15 is 0 Å². The van der Waals surface area contributed by atoms with Crippen LogP contribution in [0.2, 0.25) is 0 Å². The molecule has 1 unspecified atom stereocenters. The minimum absolute atomic E-state index is 0.0182. The summed E-state index contributed by atoms with van der Waals surface area (Å²) in [6.45, 7) is 3.72. The van der Waals surface area contributed by atoms with Gasteiger partial charge < -0.3 is 10.2 Å². The Hall–Kier alpha value is -2.62. The van der Waals surface area contributed by atoms with E-state index in [1.54, 1.807) is 12.1 Å². The maximum atomic E-state index is 13.1. The number of nitrogens with one attached hydrogen (secondary N) is 1. The second-order valence-electron chi connectivity index (χ2n) is 7.11.